The van der Waals surface area contributed by atoms with Gasteiger partial charge in [-0.15, -0.1) is 5.10 Å². The van der Waals surface area contributed by atoms with Gasteiger partial charge in [-0.1, -0.05) is 42.0 Å². The third kappa shape index (κ3) is 4.25. The summed E-state index contributed by atoms with van der Waals surface area (Å²) in [5.41, 5.74) is 1.85. The van der Waals surface area contributed by atoms with Crippen LogP contribution in [0.25, 0.3) is 11.3 Å². The number of hydrogen-bond donors (Lipinski definition) is 0. The lowest BCUT2D eigenvalue weighted by molar-refractivity contribution is 0.231. The number of rotatable bonds is 7. The lowest BCUT2D eigenvalue weighted by Gasteiger charge is -2.34. The number of benzene rings is 1. The van der Waals surface area contributed by atoms with Gasteiger partial charge in [-0.25, -0.2) is 8.42 Å². The van der Waals surface area contributed by atoms with Crippen LogP contribution in [0.1, 0.15) is 32.6 Å². The second-order valence-corrected chi connectivity index (χ2v) is 9.21. The minimum atomic E-state index is -3.54. The molecule has 1 unspecified atom stereocenters. The van der Waals surface area contributed by atoms with Crippen LogP contribution in [0.15, 0.2) is 53.8 Å². The topological polar surface area (TPSA) is 85.9 Å². The van der Waals surface area contributed by atoms with Crippen LogP contribution >= 0.6 is 0 Å². The Morgan fingerprint density at radius 3 is 2.69 bits per heavy atom. The average Bonchev–Trinajstić information content (AvgIpc) is 3.43. The molecule has 1 aromatic carbocycles. The van der Waals surface area contributed by atoms with E-state index in [1.807, 2.05) is 43.5 Å². The Morgan fingerprint density at radius 2 is 1.93 bits per heavy atom. The van der Waals surface area contributed by atoms with E-state index >= 15 is 0 Å². The summed E-state index contributed by atoms with van der Waals surface area (Å²) in [4.78, 5) is 0.276. The van der Waals surface area contributed by atoms with E-state index in [9.17, 15) is 8.42 Å². The highest BCUT2D eigenvalue weighted by molar-refractivity contribution is 7.89. The van der Waals surface area contributed by atoms with Gasteiger partial charge in [-0.05, 0) is 26.2 Å². The van der Waals surface area contributed by atoms with E-state index in [-0.39, 0.29) is 10.9 Å². The van der Waals surface area contributed by atoms with Crippen LogP contribution in [0, 0.1) is 0 Å². The first-order valence-electron chi connectivity index (χ1n) is 10.1. The summed E-state index contributed by atoms with van der Waals surface area (Å²) in [6.45, 7) is 3.77. The zero-order valence-electron chi connectivity index (χ0n) is 16.6. The summed E-state index contributed by atoms with van der Waals surface area (Å²) in [6.07, 6.45) is 8.48. The Balaban J connectivity index is 1.46. The van der Waals surface area contributed by atoms with E-state index in [0.717, 1.165) is 30.5 Å². The molecular weight excluding hydrogens is 388 g/mol. The number of piperidine rings is 1. The first kappa shape index (κ1) is 19.8. The van der Waals surface area contributed by atoms with Crippen LogP contribution < -0.4 is 0 Å². The fraction of sp³-hybridized carbons (Fsp3) is 0.450. The third-order valence-corrected chi connectivity index (χ3v) is 7.32. The molecular formula is C20H26N6O2S. The summed E-state index contributed by atoms with van der Waals surface area (Å²) in [6, 6.07) is 9.87. The molecule has 2 aromatic heterocycles. The van der Waals surface area contributed by atoms with E-state index in [1.165, 1.54) is 6.20 Å². The van der Waals surface area contributed by atoms with Gasteiger partial charge in [0.2, 0.25) is 10.0 Å². The molecule has 9 heteroatoms. The second kappa shape index (κ2) is 8.46. The fourth-order valence-electron chi connectivity index (χ4n) is 3.80. The molecule has 8 nitrogen and oxygen atoms in total. The van der Waals surface area contributed by atoms with E-state index < -0.39 is 10.0 Å². The predicted octanol–water partition coefficient (Wildman–Crippen LogP) is 2.80. The van der Waals surface area contributed by atoms with Gasteiger partial charge in [-0.3, -0.25) is 9.36 Å². The molecule has 0 saturated carbocycles. The summed E-state index contributed by atoms with van der Waals surface area (Å²) in [5.74, 6) is 0. The van der Waals surface area contributed by atoms with Crippen molar-refractivity contribution in [3.05, 3.63) is 48.9 Å². The number of aromatic nitrogens is 5. The highest BCUT2D eigenvalue weighted by atomic mass is 32.2. The molecule has 1 aliphatic heterocycles. The van der Waals surface area contributed by atoms with Crippen molar-refractivity contribution in [1.82, 2.24) is 29.1 Å². The summed E-state index contributed by atoms with van der Waals surface area (Å²) in [5, 5.41) is 12.6. The van der Waals surface area contributed by atoms with Crippen LogP contribution in [0.3, 0.4) is 0 Å². The minimum Gasteiger partial charge on any atom is -0.272 e. The zero-order chi connectivity index (χ0) is 20.3. The maximum atomic E-state index is 13.2. The largest absolute Gasteiger partial charge is 0.272 e. The molecule has 0 aliphatic carbocycles. The van der Waals surface area contributed by atoms with E-state index in [0.29, 0.717) is 26.1 Å². The molecule has 0 N–H and O–H groups in total. The van der Waals surface area contributed by atoms with Gasteiger partial charge in [-0.2, -0.15) is 9.40 Å². The molecule has 1 aliphatic rings. The quantitative estimate of drug-likeness (QED) is 0.593. The number of aryl methyl sites for hydroxylation is 2. The first-order chi connectivity index (χ1) is 14.1. The van der Waals surface area contributed by atoms with Crippen molar-refractivity contribution in [3.8, 4) is 11.3 Å². The molecule has 29 heavy (non-hydrogen) atoms. The SMILES string of the molecule is CCn1cc(S(=O)(=O)N2CCCCC2CCn2cc(-c3ccccc3)nn2)cn1. The van der Waals surface area contributed by atoms with E-state index in [1.54, 1.807) is 19.9 Å². The highest BCUT2D eigenvalue weighted by Crippen LogP contribution is 2.27. The van der Waals surface area contributed by atoms with E-state index in [2.05, 4.69) is 15.4 Å². The Bertz CT molecular complexity index is 1040. The zero-order valence-corrected chi connectivity index (χ0v) is 17.4. The maximum absolute atomic E-state index is 13.2. The molecule has 1 atom stereocenters. The van der Waals surface area contributed by atoms with Gasteiger partial charge >= 0.3 is 0 Å². The van der Waals surface area contributed by atoms with Crippen molar-refractivity contribution in [2.45, 2.75) is 56.6 Å². The lowest BCUT2D eigenvalue weighted by atomic mass is 10.0. The molecule has 1 fully saturated rings. The van der Waals surface area contributed by atoms with Gasteiger partial charge in [0.05, 0.1) is 12.4 Å². The molecule has 0 amide bonds. The highest BCUT2D eigenvalue weighted by Gasteiger charge is 2.34. The normalized spacial score (nSPS) is 18.2. The molecule has 1 saturated heterocycles. The monoisotopic (exact) mass is 414 g/mol. The third-order valence-electron chi connectivity index (χ3n) is 5.41. The fourth-order valence-corrected chi connectivity index (χ4v) is 5.47. The molecule has 0 radical (unpaired) electrons. The average molecular weight is 415 g/mol. The lowest BCUT2D eigenvalue weighted by Crippen LogP contribution is -2.44. The minimum absolute atomic E-state index is 0.0388. The van der Waals surface area contributed by atoms with Crippen LogP contribution in [-0.4, -0.2) is 50.1 Å². The van der Waals surface area contributed by atoms with Crippen molar-refractivity contribution in [3.63, 3.8) is 0 Å². The van der Waals surface area contributed by atoms with Crippen molar-refractivity contribution >= 4 is 10.0 Å². The molecule has 0 bridgehead atoms. The van der Waals surface area contributed by atoms with E-state index in [4.69, 9.17) is 0 Å². The van der Waals surface area contributed by atoms with Gasteiger partial charge < -0.3 is 0 Å². The Kier molecular flexibility index (Phi) is 5.77. The van der Waals surface area contributed by atoms with Gasteiger partial charge in [0.25, 0.3) is 0 Å². The van der Waals surface area contributed by atoms with Gasteiger partial charge in [0.1, 0.15) is 10.6 Å². The standard InChI is InChI=1S/C20H26N6O2S/c1-2-24-15-19(14-21-24)29(27,28)26-12-7-6-10-18(26)11-13-25-16-20(22-23-25)17-8-4-3-5-9-17/h3-5,8-9,14-16,18H,2,6-7,10-13H2,1H3. The number of nitrogens with zero attached hydrogens (tertiary/aromatic N) is 6. The van der Waals surface area contributed by atoms with Gasteiger partial charge in [0.15, 0.2) is 0 Å². The van der Waals surface area contributed by atoms with Crippen LogP contribution in [0.5, 0.6) is 0 Å². The maximum Gasteiger partial charge on any atom is 0.246 e. The number of sulfonamides is 1. The van der Waals surface area contributed by atoms with Crippen molar-refractivity contribution in [1.29, 1.82) is 0 Å². The summed E-state index contributed by atoms with van der Waals surface area (Å²) < 4.78 is 31.4. The predicted molar refractivity (Wildman–Crippen MR) is 110 cm³/mol. The summed E-state index contributed by atoms with van der Waals surface area (Å²) >= 11 is 0. The molecule has 4 rings (SSSR count). The smallest absolute Gasteiger partial charge is 0.246 e. The molecule has 0 spiro atoms. The molecule has 3 aromatic rings. The Morgan fingerprint density at radius 1 is 1.10 bits per heavy atom. The second-order valence-electron chi connectivity index (χ2n) is 7.32. The number of hydrogen-bond acceptors (Lipinski definition) is 5. The van der Waals surface area contributed by atoms with Crippen LogP contribution in [0.2, 0.25) is 0 Å². The molecule has 154 valence electrons. The van der Waals surface area contributed by atoms with Gasteiger partial charge in [0, 0.05) is 37.4 Å². The van der Waals surface area contributed by atoms with Crippen molar-refractivity contribution < 1.29 is 8.42 Å². The van der Waals surface area contributed by atoms with Crippen molar-refractivity contribution in [2.24, 2.45) is 0 Å². The molecule has 3 heterocycles. The summed E-state index contributed by atoms with van der Waals surface area (Å²) in [7, 11) is -3.54. The van der Waals surface area contributed by atoms with Crippen molar-refractivity contribution in [2.75, 3.05) is 6.54 Å². The Hall–Kier alpha value is -2.52. The van der Waals surface area contributed by atoms with Crippen LogP contribution in [-0.2, 0) is 23.1 Å². The van der Waals surface area contributed by atoms with Crippen LogP contribution in [0.4, 0.5) is 0 Å². The Labute approximate surface area is 171 Å². The first-order valence-corrected chi connectivity index (χ1v) is 11.5.